The fourth-order valence-electron chi connectivity index (χ4n) is 2.40. The molecule has 6 nitrogen and oxygen atoms in total. The van der Waals surface area contributed by atoms with Crippen LogP contribution in [0.4, 0.5) is 0 Å². The highest BCUT2D eigenvalue weighted by atomic mass is 32.2. The summed E-state index contributed by atoms with van der Waals surface area (Å²) in [5.41, 5.74) is 0.972. The van der Waals surface area contributed by atoms with Gasteiger partial charge in [0.15, 0.2) is 0 Å². The molecular formula is C14H22N2O4S. The summed E-state index contributed by atoms with van der Waals surface area (Å²) in [6, 6.07) is 5.04. The predicted molar refractivity (Wildman–Crippen MR) is 79.9 cm³/mol. The minimum atomic E-state index is -3.59. The van der Waals surface area contributed by atoms with E-state index in [1.165, 1.54) is 11.4 Å². The quantitative estimate of drug-likeness (QED) is 0.842. The van der Waals surface area contributed by atoms with Crippen molar-refractivity contribution in [2.24, 2.45) is 0 Å². The Morgan fingerprint density at radius 2 is 2.24 bits per heavy atom. The number of hydrogen-bond donors (Lipinski definition) is 1. The van der Waals surface area contributed by atoms with Gasteiger partial charge in [0, 0.05) is 20.2 Å². The molecule has 0 radical (unpaired) electrons. The molecule has 1 aromatic rings. The van der Waals surface area contributed by atoms with E-state index < -0.39 is 10.0 Å². The summed E-state index contributed by atoms with van der Waals surface area (Å²) < 4.78 is 37.4. The second-order valence-electron chi connectivity index (χ2n) is 5.05. The van der Waals surface area contributed by atoms with Crippen molar-refractivity contribution in [1.82, 2.24) is 9.62 Å². The number of rotatable bonds is 6. The molecule has 1 fully saturated rings. The first-order valence-electron chi connectivity index (χ1n) is 6.88. The van der Waals surface area contributed by atoms with E-state index >= 15 is 0 Å². The van der Waals surface area contributed by atoms with Gasteiger partial charge in [-0.15, -0.1) is 0 Å². The highest BCUT2D eigenvalue weighted by molar-refractivity contribution is 7.89. The molecular weight excluding hydrogens is 292 g/mol. The van der Waals surface area contributed by atoms with Gasteiger partial charge in [0.05, 0.1) is 19.8 Å². The summed E-state index contributed by atoms with van der Waals surface area (Å²) >= 11 is 0. The summed E-state index contributed by atoms with van der Waals surface area (Å²) in [7, 11) is 1.32. The predicted octanol–water partition coefficient (Wildman–Crippen LogP) is 0.824. The number of ether oxygens (including phenoxy) is 2. The average molecular weight is 314 g/mol. The Balaban J connectivity index is 2.34. The highest BCUT2D eigenvalue weighted by Gasteiger charge is 2.32. The van der Waals surface area contributed by atoms with E-state index in [4.69, 9.17) is 9.47 Å². The Kier molecular flexibility index (Phi) is 5.21. The van der Waals surface area contributed by atoms with Crippen LogP contribution < -0.4 is 10.1 Å². The van der Waals surface area contributed by atoms with Crippen molar-refractivity contribution in [1.29, 1.82) is 0 Å². The monoisotopic (exact) mass is 314 g/mol. The summed E-state index contributed by atoms with van der Waals surface area (Å²) in [5, 5.41) is 3.03. The second kappa shape index (κ2) is 6.74. The summed E-state index contributed by atoms with van der Waals surface area (Å²) in [6.07, 6.45) is 0.718. The fourth-order valence-corrected chi connectivity index (χ4v) is 3.90. The van der Waals surface area contributed by atoms with Crippen molar-refractivity contribution in [2.45, 2.75) is 23.9 Å². The molecule has 0 saturated carbocycles. The van der Waals surface area contributed by atoms with Crippen LogP contribution >= 0.6 is 0 Å². The smallest absolute Gasteiger partial charge is 0.246 e. The van der Waals surface area contributed by atoms with Crippen molar-refractivity contribution in [3.8, 4) is 5.75 Å². The van der Waals surface area contributed by atoms with Gasteiger partial charge < -0.3 is 14.8 Å². The maximum Gasteiger partial charge on any atom is 0.246 e. The van der Waals surface area contributed by atoms with Gasteiger partial charge >= 0.3 is 0 Å². The molecule has 1 aromatic carbocycles. The van der Waals surface area contributed by atoms with Crippen LogP contribution in [0.3, 0.4) is 0 Å². The van der Waals surface area contributed by atoms with Gasteiger partial charge in [-0.3, -0.25) is 0 Å². The summed E-state index contributed by atoms with van der Waals surface area (Å²) in [5.74, 6) is 0.369. The molecule has 118 valence electrons. The van der Waals surface area contributed by atoms with E-state index in [1.54, 1.807) is 25.2 Å². The first-order valence-corrected chi connectivity index (χ1v) is 8.32. The molecule has 1 aliphatic rings. The third kappa shape index (κ3) is 3.37. The van der Waals surface area contributed by atoms with Crippen LogP contribution in [0.25, 0.3) is 0 Å². The average Bonchev–Trinajstić information content (AvgIpc) is 3.00. The normalized spacial score (nSPS) is 19.1. The van der Waals surface area contributed by atoms with Crippen LogP contribution in [-0.4, -0.2) is 53.2 Å². The maximum atomic E-state index is 12.7. The standard InChI is InChI=1S/C14H22N2O4S/c1-15-9-11-4-5-14(13(8-11)19-3)21(17,18)16(2)12-6-7-20-10-12/h4-5,8,12,15H,6-7,9-10H2,1-3H3. The number of hydrogen-bond acceptors (Lipinski definition) is 5. The molecule has 1 atom stereocenters. The van der Waals surface area contributed by atoms with Crippen molar-refractivity contribution >= 4 is 10.0 Å². The SMILES string of the molecule is CNCc1ccc(S(=O)(=O)N(C)C2CCOC2)c(OC)c1. The van der Waals surface area contributed by atoms with Crippen LogP contribution in [-0.2, 0) is 21.3 Å². The van der Waals surface area contributed by atoms with Crippen LogP contribution in [0, 0.1) is 0 Å². The third-order valence-electron chi connectivity index (χ3n) is 3.69. The lowest BCUT2D eigenvalue weighted by molar-refractivity contribution is 0.180. The van der Waals surface area contributed by atoms with E-state index in [2.05, 4.69) is 5.32 Å². The van der Waals surface area contributed by atoms with Gasteiger partial charge in [0.25, 0.3) is 0 Å². The lowest BCUT2D eigenvalue weighted by Crippen LogP contribution is -2.37. The molecule has 0 aromatic heterocycles. The van der Waals surface area contributed by atoms with Crippen molar-refractivity contribution in [3.63, 3.8) is 0 Å². The van der Waals surface area contributed by atoms with E-state index in [9.17, 15) is 8.42 Å². The van der Waals surface area contributed by atoms with Crippen molar-refractivity contribution in [3.05, 3.63) is 23.8 Å². The van der Waals surface area contributed by atoms with E-state index in [1.807, 2.05) is 7.05 Å². The zero-order valence-electron chi connectivity index (χ0n) is 12.6. The molecule has 0 amide bonds. The number of methoxy groups -OCH3 is 1. The number of nitrogens with zero attached hydrogens (tertiary/aromatic N) is 1. The molecule has 1 N–H and O–H groups in total. The van der Waals surface area contributed by atoms with Crippen molar-refractivity contribution in [2.75, 3.05) is 34.4 Å². The van der Waals surface area contributed by atoms with Crippen molar-refractivity contribution < 1.29 is 17.9 Å². The number of sulfonamides is 1. The first kappa shape index (κ1) is 16.2. The molecule has 7 heteroatoms. The largest absolute Gasteiger partial charge is 0.495 e. The molecule has 1 saturated heterocycles. The third-order valence-corrected chi connectivity index (χ3v) is 5.64. The molecule has 1 heterocycles. The minimum Gasteiger partial charge on any atom is -0.495 e. The van der Waals surface area contributed by atoms with Gasteiger partial charge in [0.2, 0.25) is 10.0 Å². The Labute approximate surface area is 126 Å². The first-order chi connectivity index (χ1) is 10.0. The topological polar surface area (TPSA) is 67.9 Å². The fraction of sp³-hybridized carbons (Fsp3) is 0.571. The Bertz CT molecular complexity index is 583. The molecule has 1 unspecified atom stereocenters. The van der Waals surface area contributed by atoms with Gasteiger partial charge in [0.1, 0.15) is 10.6 Å². The summed E-state index contributed by atoms with van der Waals surface area (Å²) in [6.45, 7) is 1.70. The summed E-state index contributed by atoms with van der Waals surface area (Å²) in [4.78, 5) is 0.194. The molecule has 0 bridgehead atoms. The molecule has 0 spiro atoms. The minimum absolute atomic E-state index is 0.114. The Morgan fingerprint density at radius 1 is 1.48 bits per heavy atom. The van der Waals surface area contributed by atoms with Gasteiger partial charge in [-0.2, -0.15) is 4.31 Å². The Hall–Kier alpha value is -1.15. The second-order valence-corrected chi connectivity index (χ2v) is 7.02. The molecule has 2 rings (SSSR count). The molecule has 21 heavy (non-hydrogen) atoms. The lowest BCUT2D eigenvalue weighted by atomic mass is 10.2. The molecule has 0 aliphatic carbocycles. The molecule has 1 aliphatic heterocycles. The number of nitrogens with one attached hydrogen (secondary N) is 1. The van der Waals surface area contributed by atoms with E-state index in [0.717, 1.165) is 12.0 Å². The maximum absolute atomic E-state index is 12.7. The number of benzene rings is 1. The zero-order valence-corrected chi connectivity index (χ0v) is 13.4. The van der Waals surface area contributed by atoms with Crippen LogP contribution in [0.5, 0.6) is 5.75 Å². The van der Waals surface area contributed by atoms with Crippen LogP contribution in [0.15, 0.2) is 23.1 Å². The highest BCUT2D eigenvalue weighted by Crippen LogP contribution is 2.29. The van der Waals surface area contributed by atoms with Crippen LogP contribution in [0.2, 0.25) is 0 Å². The van der Waals surface area contributed by atoms with E-state index in [0.29, 0.717) is 25.5 Å². The van der Waals surface area contributed by atoms with Gasteiger partial charge in [-0.25, -0.2) is 8.42 Å². The Morgan fingerprint density at radius 3 is 2.81 bits per heavy atom. The van der Waals surface area contributed by atoms with E-state index in [-0.39, 0.29) is 10.9 Å². The van der Waals surface area contributed by atoms with Gasteiger partial charge in [-0.05, 0) is 31.2 Å². The lowest BCUT2D eigenvalue weighted by Gasteiger charge is -2.23. The zero-order chi connectivity index (χ0) is 15.5. The number of likely N-dealkylation sites (N-methyl/N-ethyl adjacent to an activating group) is 1. The van der Waals surface area contributed by atoms with Crippen LogP contribution in [0.1, 0.15) is 12.0 Å². The van der Waals surface area contributed by atoms with Gasteiger partial charge in [-0.1, -0.05) is 6.07 Å².